The van der Waals surface area contributed by atoms with Gasteiger partial charge in [-0.2, -0.15) is 0 Å². The summed E-state index contributed by atoms with van der Waals surface area (Å²) in [6.45, 7) is 8.06. The number of nitrogens with zero attached hydrogens (tertiary/aromatic N) is 1. The highest BCUT2D eigenvalue weighted by Gasteiger charge is 2.25. The maximum Gasteiger partial charge on any atom is 0.340 e. The zero-order valence-electron chi connectivity index (χ0n) is 16.3. The molecule has 2 N–H and O–H groups in total. The zero-order chi connectivity index (χ0) is 20.3. The summed E-state index contributed by atoms with van der Waals surface area (Å²) in [5, 5.41) is 0.639. The van der Waals surface area contributed by atoms with Crippen LogP contribution in [0.25, 0.3) is 11.0 Å². The van der Waals surface area contributed by atoms with Crippen molar-refractivity contribution in [2.24, 2.45) is 0 Å². The van der Waals surface area contributed by atoms with Gasteiger partial charge in [-0.1, -0.05) is 11.8 Å². The number of benzene rings is 1. The van der Waals surface area contributed by atoms with Crippen molar-refractivity contribution in [3.63, 3.8) is 0 Å². The number of carbonyl (C=O) groups is 2. The van der Waals surface area contributed by atoms with Crippen molar-refractivity contribution < 1.29 is 19.1 Å². The van der Waals surface area contributed by atoms with E-state index in [2.05, 4.69) is 15.0 Å². The van der Waals surface area contributed by atoms with Crippen molar-refractivity contribution in [2.45, 2.75) is 32.9 Å². The van der Waals surface area contributed by atoms with Crippen LogP contribution in [0, 0.1) is 13.8 Å². The molecular weight excluding hydrogens is 378 g/mol. The molecule has 0 bridgehead atoms. The number of imidazole rings is 1. The fourth-order valence-electron chi connectivity index (χ4n) is 3.08. The third-order valence-electron chi connectivity index (χ3n) is 4.22. The number of aromatic amines is 2. The van der Waals surface area contributed by atoms with Gasteiger partial charge in [-0.25, -0.2) is 9.78 Å². The van der Waals surface area contributed by atoms with Gasteiger partial charge in [0.2, 0.25) is 0 Å². The fourth-order valence-corrected chi connectivity index (χ4v) is 3.84. The van der Waals surface area contributed by atoms with E-state index in [-0.39, 0.29) is 18.1 Å². The molecule has 0 spiro atoms. The number of fused-ring (bicyclic) bond motifs is 1. The number of carbonyl (C=O) groups excluding carboxylic acids is 2. The largest absolute Gasteiger partial charge is 0.494 e. The molecule has 0 aliphatic carbocycles. The topological polar surface area (TPSA) is 97.1 Å². The molecule has 3 aromatic rings. The molecule has 0 radical (unpaired) electrons. The second-order valence-electron chi connectivity index (χ2n) is 6.21. The number of ether oxygens (including phenoxy) is 2. The van der Waals surface area contributed by atoms with Crippen LogP contribution < -0.4 is 4.74 Å². The first kappa shape index (κ1) is 20.0. The number of hydrogen-bond acceptors (Lipinski definition) is 6. The van der Waals surface area contributed by atoms with Crippen molar-refractivity contribution in [1.82, 2.24) is 15.0 Å². The molecule has 28 heavy (non-hydrogen) atoms. The fraction of sp³-hybridized carbons (Fsp3) is 0.350. The standard InChI is InChI=1S/C20H23N3O4S/c1-5-26-13-7-8-14-15(9-13)23-20(22-14)28-10-16(24)17-11(3)21-12(4)18(17)19(25)27-6-2/h7-9,21H,5-6,10H2,1-4H3,(H,22,23). The Hall–Kier alpha value is -2.74. The van der Waals surface area contributed by atoms with E-state index in [1.807, 2.05) is 25.1 Å². The minimum atomic E-state index is -0.482. The molecular formula is C20H23N3O4S. The van der Waals surface area contributed by atoms with Crippen LogP contribution in [-0.4, -0.2) is 45.7 Å². The lowest BCUT2D eigenvalue weighted by Crippen LogP contribution is -2.13. The molecule has 0 amide bonds. The zero-order valence-corrected chi connectivity index (χ0v) is 17.2. The van der Waals surface area contributed by atoms with Crippen LogP contribution >= 0.6 is 11.8 Å². The highest BCUT2D eigenvalue weighted by molar-refractivity contribution is 7.99. The summed E-state index contributed by atoms with van der Waals surface area (Å²) in [4.78, 5) is 35.8. The molecule has 0 saturated carbocycles. The van der Waals surface area contributed by atoms with Crippen LogP contribution in [0.4, 0.5) is 0 Å². The number of aryl methyl sites for hydroxylation is 2. The first-order valence-corrected chi connectivity index (χ1v) is 10.1. The molecule has 0 unspecified atom stereocenters. The van der Waals surface area contributed by atoms with Crippen LogP contribution in [0.2, 0.25) is 0 Å². The first-order chi connectivity index (χ1) is 13.4. The Bertz CT molecular complexity index is 1020. The van der Waals surface area contributed by atoms with E-state index in [4.69, 9.17) is 9.47 Å². The Morgan fingerprint density at radius 2 is 1.82 bits per heavy atom. The number of H-pyrrole nitrogens is 2. The quantitative estimate of drug-likeness (QED) is 0.336. The van der Waals surface area contributed by atoms with Crippen molar-refractivity contribution >= 4 is 34.5 Å². The van der Waals surface area contributed by atoms with Crippen molar-refractivity contribution in [3.05, 3.63) is 40.7 Å². The smallest absolute Gasteiger partial charge is 0.340 e. The predicted molar refractivity (Wildman–Crippen MR) is 109 cm³/mol. The number of nitrogens with one attached hydrogen (secondary N) is 2. The molecule has 7 nitrogen and oxygen atoms in total. The molecule has 3 rings (SSSR count). The van der Waals surface area contributed by atoms with Crippen molar-refractivity contribution in [1.29, 1.82) is 0 Å². The van der Waals surface area contributed by atoms with Crippen LogP contribution in [0.5, 0.6) is 5.75 Å². The Balaban J connectivity index is 1.77. The highest BCUT2D eigenvalue weighted by atomic mass is 32.2. The monoisotopic (exact) mass is 401 g/mol. The second kappa shape index (κ2) is 8.52. The summed E-state index contributed by atoms with van der Waals surface area (Å²) in [5.74, 6) is 0.293. The maximum atomic E-state index is 12.8. The SMILES string of the molecule is CCOC(=O)c1c(C)[nH]c(C)c1C(=O)CSc1nc2ccc(OCC)cc2[nH]1. The molecule has 0 aliphatic rings. The molecule has 2 heterocycles. The van der Waals surface area contributed by atoms with Gasteiger partial charge in [0.05, 0.1) is 41.1 Å². The average molecular weight is 401 g/mol. The first-order valence-electron chi connectivity index (χ1n) is 9.09. The predicted octanol–water partition coefficient (Wildman–Crippen LogP) is 4.06. The number of aromatic nitrogens is 3. The van der Waals surface area contributed by atoms with Crippen LogP contribution in [-0.2, 0) is 4.74 Å². The number of hydrogen-bond donors (Lipinski definition) is 2. The molecule has 8 heteroatoms. The minimum Gasteiger partial charge on any atom is -0.494 e. The third-order valence-corrected chi connectivity index (χ3v) is 5.09. The van der Waals surface area contributed by atoms with Crippen LogP contribution in [0.1, 0.15) is 46.0 Å². The molecule has 1 aromatic carbocycles. The van der Waals surface area contributed by atoms with E-state index >= 15 is 0 Å². The number of rotatable bonds is 8. The normalized spacial score (nSPS) is 11.0. The summed E-state index contributed by atoms with van der Waals surface area (Å²) in [7, 11) is 0. The Labute approximate surface area is 167 Å². The van der Waals surface area contributed by atoms with E-state index in [1.54, 1.807) is 20.8 Å². The van der Waals surface area contributed by atoms with E-state index in [0.29, 0.717) is 34.3 Å². The van der Waals surface area contributed by atoms with Crippen LogP contribution in [0.15, 0.2) is 23.4 Å². The lowest BCUT2D eigenvalue weighted by atomic mass is 10.1. The summed E-state index contributed by atoms with van der Waals surface area (Å²) in [6.07, 6.45) is 0. The number of Topliss-reactive ketones (excluding diaryl/α,β-unsaturated/α-hetero) is 1. The van der Waals surface area contributed by atoms with Crippen molar-refractivity contribution in [3.8, 4) is 5.75 Å². The Kier molecular flexibility index (Phi) is 6.08. The Morgan fingerprint density at radius 3 is 2.54 bits per heavy atom. The minimum absolute atomic E-state index is 0.148. The highest BCUT2D eigenvalue weighted by Crippen LogP contribution is 2.26. The van der Waals surface area contributed by atoms with Crippen molar-refractivity contribution in [2.75, 3.05) is 19.0 Å². The average Bonchev–Trinajstić information content (AvgIpc) is 3.19. The van der Waals surface area contributed by atoms with Gasteiger partial charge in [0, 0.05) is 17.5 Å². The molecule has 148 valence electrons. The van der Waals surface area contributed by atoms with Crippen LogP contribution in [0.3, 0.4) is 0 Å². The van der Waals surface area contributed by atoms with Gasteiger partial charge < -0.3 is 19.4 Å². The molecule has 0 atom stereocenters. The third kappa shape index (κ3) is 4.06. The van der Waals surface area contributed by atoms with Gasteiger partial charge in [-0.15, -0.1) is 0 Å². The second-order valence-corrected chi connectivity index (χ2v) is 7.18. The van der Waals surface area contributed by atoms with Gasteiger partial charge in [-0.05, 0) is 39.8 Å². The molecule has 0 aliphatic heterocycles. The number of thioether (sulfide) groups is 1. The van der Waals surface area contributed by atoms with Gasteiger partial charge in [-0.3, -0.25) is 4.79 Å². The molecule has 0 saturated heterocycles. The van der Waals surface area contributed by atoms with E-state index < -0.39 is 5.97 Å². The molecule has 2 aromatic heterocycles. The van der Waals surface area contributed by atoms with Gasteiger partial charge in [0.25, 0.3) is 0 Å². The molecule has 0 fully saturated rings. The van der Waals surface area contributed by atoms with E-state index in [9.17, 15) is 9.59 Å². The van der Waals surface area contributed by atoms with Gasteiger partial charge >= 0.3 is 5.97 Å². The summed E-state index contributed by atoms with van der Waals surface area (Å²) in [5.41, 5.74) is 3.66. The number of esters is 1. The summed E-state index contributed by atoms with van der Waals surface area (Å²) < 4.78 is 10.6. The lowest BCUT2D eigenvalue weighted by Gasteiger charge is -2.05. The number of ketones is 1. The Morgan fingerprint density at radius 1 is 1.07 bits per heavy atom. The maximum absolute atomic E-state index is 12.8. The van der Waals surface area contributed by atoms with Gasteiger partial charge in [0.15, 0.2) is 10.9 Å². The summed E-state index contributed by atoms with van der Waals surface area (Å²) >= 11 is 1.30. The lowest BCUT2D eigenvalue weighted by molar-refractivity contribution is 0.0522. The van der Waals surface area contributed by atoms with Gasteiger partial charge in [0.1, 0.15) is 5.75 Å². The van der Waals surface area contributed by atoms with E-state index in [0.717, 1.165) is 16.8 Å². The summed E-state index contributed by atoms with van der Waals surface area (Å²) in [6, 6.07) is 5.63. The van der Waals surface area contributed by atoms with E-state index in [1.165, 1.54) is 11.8 Å².